The summed E-state index contributed by atoms with van der Waals surface area (Å²) >= 11 is 0. The molecule has 24 heavy (non-hydrogen) atoms. The Morgan fingerprint density at radius 1 is 1.33 bits per heavy atom. The van der Waals surface area contributed by atoms with Crippen molar-refractivity contribution >= 4 is 15.7 Å². The number of rotatable bonds is 5. The molecule has 1 amide bonds. The summed E-state index contributed by atoms with van der Waals surface area (Å²) in [7, 11) is -1.49. The van der Waals surface area contributed by atoms with E-state index in [-0.39, 0.29) is 36.0 Å². The summed E-state index contributed by atoms with van der Waals surface area (Å²) in [6, 6.07) is -0.410. The van der Waals surface area contributed by atoms with E-state index in [2.05, 4.69) is 10.00 Å². The van der Waals surface area contributed by atoms with Crippen LogP contribution in [0.4, 0.5) is 0 Å². The number of carbonyl (C=O) groups excluding carboxylic acids is 1. The minimum Gasteiger partial charge on any atom is -0.383 e. The van der Waals surface area contributed by atoms with Gasteiger partial charge in [-0.2, -0.15) is 5.10 Å². The van der Waals surface area contributed by atoms with Crippen LogP contribution in [0.5, 0.6) is 0 Å². The molecule has 3 heterocycles. The van der Waals surface area contributed by atoms with Gasteiger partial charge >= 0.3 is 0 Å². The van der Waals surface area contributed by atoms with Crippen molar-refractivity contribution in [2.75, 3.05) is 44.9 Å². The summed E-state index contributed by atoms with van der Waals surface area (Å²) in [6.07, 6.45) is 3.52. The van der Waals surface area contributed by atoms with Crippen molar-refractivity contribution in [3.05, 3.63) is 18.0 Å². The minimum atomic E-state index is -3.12. The van der Waals surface area contributed by atoms with Gasteiger partial charge in [-0.05, 0) is 12.5 Å². The van der Waals surface area contributed by atoms with Crippen molar-refractivity contribution in [2.45, 2.75) is 25.6 Å². The van der Waals surface area contributed by atoms with Crippen LogP contribution in [-0.4, -0.2) is 90.8 Å². The predicted octanol–water partition coefficient (Wildman–Crippen LogP) is -0.852. The summed E-state index contributed by atoms with van der Waals surface area (Å²) in [6.45, 7) is 4.53. The molecule has 2 saturated heterocycles. The molecule has 2 aliphatic rings. The lowest BCUT2D eigenvalue weighted by Crippen LogP contribution is -2.61. The Hall–Kier alpha value is -1.45. The molecular weight excluding hydrogens is 332 g/mol. The largest absolute Gasteiger partial charge is 0.383 e. The molecule has 134 valence electrons. The number of methoxy groups -OCH3 is 1. The highest BCUT2D eigenvalue weighted by molar-refractivity contribution is 7.91. The van der Waals surface area contributed by atoms with Gasteiger partial charge in [0.25, 0.3) is 0 Å². The van der Waals surface area contributed by atoms with Gasteiger partial charge in [0.15, 0.2) is 9.84 Å². The van der Waals surface area contributed by atoms with Gasteiger partial charge < -0.3 is 9.64 Å². The molecular formula is C15H24N4O4S. The molecule has 2 aliphatic heterocycles. The van der Waals surface area contributed by atoms with Crippen molar-refractivity contribution in [3.8, 4) is 0 Å². The summed E-state index contributed by atoms with van der Waals surface area (Å²) in [5.74, 6) is 0.0912. The van der Waals surface area contributed by atoms with E-state index >= 15 is 0 Å². The molecule has 0 aliphatic carbocycles. The van der Waals surface area contributed by atoms with Crippen molar-refractivity contribution in [1.29, 1.82) is 0 Å². The number of carbonyl (C=O) groups is 1. The molecule has 0 bridgehead atoms. The van der Waals surface area contributed by atoms with Crippen LogP contribution in [-0.2, 0) is 25.9 Å². The first-order valence-electron chi connectivity index (χ1n) is 8.11. The molecule has 1 aromatic rings. The fourth-order valence-electron chi connectivity index (χ4n) is 3.60. The van der Waals surface area contributed by atoms with E-state index in [0.29, 0.717) is 26.2 Å². The van der Waals surface area contributed by atoms with E-state index in [0.717, 1.165) is 5.56 Å². The fraction of sp³-hybridized carbons (Fsp3) is 0.733. The normalized spacial score (nSPS) is 26.5. The number of ether oxygens (including phenoxy) is 1. The Labute approximate surface area is 142 Å². The first kappa shape index (κ1) is 17.4. The van der Waals surface area contributed by atoms with Gasteiger partial charge in [0.05, 0.1) is 30.4 Å². The topological polar surface area (TPSA) is 84.7 Å². The fourth-order valence-corrected chi connectivity index (χ4v) is 5.62. The number of aryl methyl sites for hydroxylation is 1. The molecule has 0 spiro atoms. The van der Waals surface area contributed by atoms with Gasteiger partial charge in [-0.25, -0.2) is 8.42 Å². The number of piperazine rings is 1. The Kier molecular flexibility index (Phi) is 4.93. The zero-order valence-electron chi connectivity index (χ0n) is 14.1. The van der Waals surface area contributed by atoms with E-state index in [1.807, 2.05) is 13.1 Å². The third-order valence-electron chi connectivity index (χ3n) is 4.75. The van der Waals surface area contributed by atoms with Gasteiger partial charge in [-0.1, -0.05) is 0 Å². The average Bonchev–Trinajstić information content (AvgIpc) is 3.06. The monoisotopic (exact) mass is 356 g/mol. The zero-order chi connectivity index (χ0) is 17.3. The van der Waals surface area contributed by atoms with E-state index in [4.69, 9.17) is 4.74 Å². The third kappa shape index (κ3) is 3.62. The van der Waals surface area contributed by atoms with Gasteiger partial charge in [0, 0.05) is 39.0 Å². The summed E-state index contributed by atoms with van der Waals surface area (Å²) in [5, 5.41) is 4.14. The Morgan fingerprint density at radius 3 is 2.75 bits per heavy atom. The standard InChI is InChI=1S/C15H24N4O4S/c1-12-7-16-18(8-12)9-15(20)19-4-3-17(5-6-23-2)13-10-24(21,22)11-14(13)19/h7-8,13-14H,3-6,9-11H2,1-2H3. The molecule has 0 N–H and O–H groups in total. The molecule has 0 aromatic carbocycles. The number of fused-ring (bicyclic) bond motifs is 1. The lowest BCUT2D eigenvalue weighted by atomic mass is 10.0. The molecule has 2 fully saturated rings. The second-order valence-electron chi connectivity index (χ2n) is 6.54. The van der Waals surface area contributed by atoms with Crippen LogP contribution >= 0.6 is 0 Å². The molecule has 3 rings (SSSR count). The van der Waals surface area contributed by atoms with Crippen LogP contribution in [0.15, 0.2) is 12.4 Å². The van der Waals surface area contributed by atoms with Crippen LogP contribution in [0.1, 0.15) is 5.56 Å². The van der Waals surface area contributed by atoms with Crippen LogP contribution in [0.2, 0.25) is 0 Å². The smallest absolute Gasteiger partial charge is 0.244 e. The summed E-state index contributed by atoms with van der Waals surface area (Å²) in [5.41, 5.74) is 0.994. The van der Waals surface area contributed by atoms with Gasteiger partial charge in [0.1, 0.15) is 6.54 Å². The number of hydrogen-bond donors (Lipinski definition) is 0. The van der Waals surface area contributed by atoms with Gasteiger partial charge in [0.2, 0.25) is 5.91 Å². The van der Waals surface area contributed by atoms with E-state index < -0.39 is 9.84 Å². The summed E-state index contributed by atoms with van der Waals surface area (Å²) in [4.78, 5) is 16.5. The second-order valence-corrected chi connectivity index (χ2v) is 8.70. The lowest BCUT2D eigenvalue weighted by Gasteiger charge is -2.43. The maximum Gasteiger partial charge on any atom is 0.244 e. The van der Waals surface area contributed by atoms with E-state index in [1.54, 1.807) is 22.9 Å². The van der Waals surface area contributed by atoms with Crippen LogP contribution in [0.25, 0.3) is 0 Å². The first-order valence-corrected chi connectivity index (χ1v) is 9.94. The molecule has 1 aromatic heterocycles. The van der Waals surface area contributed by atoms with E-state index in [9.17, 15) is 13.2 Å². The highest BCUT2D eigenvalue weighted by Crippen LogP contribution is 2.27. The number of sulfone groups is 1. The minimum absolute atomic E-state index is 0.0467. The molecule has 2 atom stereocenters. The molecule has 0 saturated carbocycles. The molecule has 0 radical (unpaired) electrons. The average molecular weight is 356 g/mol. The molecule has 9 heteroatoms. The highest BCUT2D eigenvalue weighted by Gasteiger charge is 2.47. The van der Waals surface area contributed by atoms with Crippen LogP contribution in [0.3, 0.4) is 0 Å². The van der Waals surface area contributed by atoms with E-state index in [1.165, 1.54) is 0 Å². The highest BCUT2D eigenvalue weighted by atomic mass is 32.2. The quantitative estimate of drug-likeness (QED) is 0.683. The SMILES string of the molecule is COCCN1CCN(C(=O)Cn2cc(C)cn2)C2CS(=O)(=O)CC21. The lowest BCUT2D eigenvalue weighted by molar-refractivity contribution is -0.138. The Morgan fingerprint density at radius 2 is 2.08 bits per heavy atom. The first-order chi connectivity index (χ1) is 11.4. The van der Waals surface area contributed by atoms with Crippen molar-refractivity contribution in [2.24, 2.45) is 0 Å². The third-order valence-corrected chi connectivity index (χ3v) is 6.45. The number of aromatic nitrogens is 2. The molecule has 8 nitrogen and oxygen atoms in total. The van der Waals surface area contributed by atoms with Crippen molar-refractivity contribution in [3.63, 3.8) is 0 Å². The predicted molar refractivity (Wildman–Crippen MR) is 88.4 cm³/mol. The van der Waals surface area contributed by atoms with Crippen molar-refractivity contribution in [1.82, 2.24) is 19.6 Å². The maximum atomic E-state index is 12.7. The Bertz CT molecular complexity index is 702. The maximum absolute atomic E-state index is 12.7. The zero-order valence-corrected chi connectivity index (χ0v) is 14.9. The Balaban J connectivity index is 1.73. The van der Waals surface area contributed by atoms with Gasteiger partial charge in [-0.3, -0.25) is 14.4 Å². The number of hydrogen-bond acceptors (Lipinski definition) is 6. The van der Waals surface area contributed by atoms with Crippen LogP contribution < -0.4 is 0 Å². The summed E-state index contributed by atoms with van der Waals surface area (Å²) < 4.78 is 31.0. The number of nitrogens with zero attached hydrogens (tertiary/aromatic N) is 4. The molecule has 2 unspecified atom stereocenters. The van der Waals surface area contributed by atoms with Crippen LogP contribution in [0, 0.1) is 6.92 Å². The van der Waals surface area contributed by atoms with Crippen molar-refractivity contribution < 1.29 is 17.9 Å². The second kappa shape index (κ2) is 6.81. The van der Waals surface area contributed by atoms with Gasteiger partial charge in [-0.15, -0.1) is 0 Å². The number of amides is 1.